The summed E-state index contributed by atoms with van der Waals surface area (Å²) in [6, 6.07) is 13.1. The standard InChI is InChI=1S/C17H15N3O2S2/c1-11-6-7-14(21)12(8-11)9-18-20-16(22)10-23-17-19-13-4-2-3-5-15(13)24-17/h2-9,21H,10H2,1H3,(H,20,22)/b18-9-. The summed E-state index contributed by atoms with van der Waals surface area (Å²) >= 11 is 2.94. The summed E-state index contributed by atoms with van der Waals surface area (Å²) in [7, 11) is 0. The van der Waals surface area contributed by atoms with Gasteiger partial charge in [0.1, 0.15) is 5.75 Å². The van der Waals surface area contributed by atoms with E-state index in [9.17, 15) is 9.90 Å². The van der Waals surface area contributed by atoms with Crippen LogP contribution in [0.2, 0.25) is 0 Å². The average Bonchev–Trinajstić information content (AvgIpc) is 2.99. The lowest BCUT2D eigenvalue weighted by molar-refractivity contribution is -0.118. The van der Waals surface area contributed by atoms with Crippen molar-refractivity contribution in [3.05, 3.63) is 53.6 Å². The Labute approximate surface area is 147 Å². The quantitative estimate of drug-likeness (QED) is 0.416. The van der Waals surface area contributed by atoms with Crippen LogP contribution < -0.4 is 5.43 Å². The molecule has 0 saturated carbocycles. The van der Waals surface area contributed by atoms with Crippen molar-refractivity contribution in [3.63, 3.8) is 0 Å². The van der Waals surface area contributed by atoms with E-state index in [0.29, 0.717) is 5.56 Å². The molecule has 2 aromatic carbocycles. The Kier molecular flexibility index (Phi) is 5.12. The predicted molar refractivity (Wildman–Crippen MR) is 98.9 cm³/mol. The van der Waals surface area contributed by atoms with Crippen molar-refractivity contribution >= 4 is 45.4 Å². The first-order chi connectivity index (χ1) is 11.6. The number of para-hydroxylation sites is 1. The molecular formula is C17H15N3O2S2. The summed E-state index contributed by atoms with van der Waals surface area (Å²) in [5, 5.41) is 13.6. The number of amides is 1. The maximum atomic E-state index is 11.8. The molecule has 0 atom stereocenters. The van der Waals surface area contributed by atoms with Crippen LogP contribution in [-0.2, 0) is 4.79 Å². The van der Waals surface area contributed by atoms with Crippen LogP contribution in [0.4, 0.5) is 0 Å². The molecule has 1 amide bonds. The smallest absolute Gasteiger partial charge is 0.250 e. The number of phenolic OH excluding ortho intramolecular Hbond substituents is 1. The number of carbonyl (C=O) groups excluding carboxylic acids is 1. The van der Waals surface area contributed by atoms with Gasteiger partial charge in [0.25, 0.3) is 5.91 Å². The molecule has 0 spiro atoms. The number of carbonyl (C=O) groups is 1. The minimum absolute atomic E-state index is 0.127. The maximum Gasteiger partial charge on any atom is 0.250 e. The molecule has 1 aromatic heterocycles. The van der Waals surface area contributed by atoms with Crippen LogP contribution in [0.3, 0.4) is 0 Å². The molecule has 0 fully saturated rings. The van der Waals surface area contributed by atoms with Crippen LogP contribution in [0.1, 0.15) is 11.1 Å². The lowest BCUT2D eigenvalue weighted by atomic mass is 10.1. The summed E-state index contributed by atoms with van der Waals surface area (Å²) in [5.74, 6) is 0.141. The van der Waals surface area contributed by atoms with E-state index in [1.165, 1.54) is 18.0 Å². The molecule has 3 aromatic rings. The molecule has 0 unspecified atom stereocenters. The summed E-state index contributed by atoms with van der Waals surface area (Å²) in [6.45, 7) is 1.92. The van der Waals surface area contributed by atoms with E-state index >= 15 is 0 Å². The largest absolute Gasteiger partial charge is 0.507 e. The fraction of sp³-hybridized carbons (Fsp3) is 0.118. The normalized spacial score (nSPS) is 11.2. The number of nitrogens with one attached hydrogen (secondary N) is 1. The third kappa shape index (κ3) is 4.12. The topological polar surface area (TPSA) is 74.6 Å². The van der Waals surface area contributed by atoms with Crippen LogP contribution in [0, 0.1) is 6.92 Å². The molecule has 0 aliphatic heterocycles. The minimum Gasteiger partial charge on any atom is -0.507 e. The van der Waals surface area contributed by atoms with E-state index in [4.69, 9.17) is 0 Å². The summed E-state index contributed by atoms with van der Waals surface area (Å²) < 4.78 is 1.96. The number of fused-ring (bicyclic) bond motifs is 1. The number of nitrogens with zero attached hydrogens (tertiary/aromatic N) is 2. The van der Waals surface area contributed by atoms with Gasteiger partial charge in [-0.2, -0.15) is 5.10 Å². The van der Waals surface area contributed by atoms with Gasteiger partial charge in [0, 0.05) is 5.56 Å². The summed E-state index contributed by atoms with van der Waals surface area (Å²) in [5.41, 5.74) is 4.97. The van der Waals surface area contributed by atoms with Gasteiger partial charge in [0.15, 0.2) is 4.34 Å². The Morgan fingerprint density at radius 1 is 1.38 bits per heavy atom. The Morgan fingerprint density at radius 2 is 2.21 bits per heavy atom. The van der Waals surface area contributed by atoms with Crippen LogP contribution in [0.5, 0.6) is 5.75 Å². The monoisotopic (exact) mass is 357 g/mol. The third-order valence-corrected chi connectivity index (χ3v) is 5.36. The molecule has 2 N–H and O–H groups in total. The molecule has 7 heteroatoms. The van der Waals surface area contributed by atoms with Crippen molar-refractivity contribution in [2.45, 2.75) is 11.3 Å². The molecular weight excluding hydrogens is 342 g/mol. The van der Waals surface area contributed by atoms with Crippen LogP contribution in [-0.4, -0.2) is 28.0 Å². The zero-order valence-corrected chi connectivity index (χ0v) is 14.5. The second-order valence-corrected chi connectivity index (χ2v) is 7.34. The first-order valence-electron chi connectivity index (χ1n) is 7.22. The van der Waals surface area contributed by atoms with E-state index < -0.39 is 0 Å². The lowest BCUT2D eigenvalue weighted by Gasteiger charge is -2.00. The molecule has 0 radical (unpaired) electrons. The van der Waals surface area contributed by atoms with Crippen molar-refractivity contribution in [3.8, 4) is 5.75 Å². The Bertz CT molecular complexity index is 873. The zero-order valence-electron chi connectivity index (χ0n) is 12.9. The summed E-state index contributed by atoms with van der Waals surface area (Å²) in [6.07, 6.45) is 1.43. The zero-order chi connectivity index (χ0) is 16.9. The number of hydrazone groups is 1. The Morgan fingerprint density at radius 3 is 3.04 bits per heavy atom. The highest BCUT2D eigenvalue weighted by atomic mass is 32.2. The van der Waals surface area contributed by atoms with Crippen molar-refractivity contribution < 1.29 is 9.90 Å². The first-order valence-corrected chi connectivity index (χ1v) is 9.02. The van der Waals surface area contributed by atoms with Gasteiger partial charge in [0.2, 0.25) is 0 Å². The molecule has 1 heterocycles. The molecule has 0 bridgehead atoms. The number of benzene rings is 2. The van der Waals surface area contributed by atoms with Crippen molar-refractivity contribution in [2.24, 2.45) is 5.10 Å². The fourth-order valence-corrected chi connectivity index (χ4v) is 3.88. The van der Waals surface area contributed by atoms with Gasteiger partial charge in [0.05, 0.1) is 22.2 Å². The van der Waals surface area contributed by atoms with E-state index in [-0.39, 0.29) is 17.4 Å². The highest BCUT2D eigenvalue weighted by Gasteiger charge is 2.07. The number of thiazole rings is 1. The second-order valence-electron chi connectivity index (χ2n) is 5.09. The summed E-state index contributed by atoms with van der Waals surface area (Å²) in [4.78, 5) is 16.3. The Balaban J connectivity index is 1.54. The molecule has 0 aliphatic carbocycles. The molecule has 122 valence electrons. The number of thioether (sulfide) groups is 1. The molecule has 0 aliphatic rings. The van der Waals surface area contributed by atoms with Crippen LogP contribution >= 0.6 is 23.1 Å². The first kappa shape index (κ1) is 16.5. The highest BCUT2D eigenvalue weighted by molar-refractivity contribution is 8.01. The Hall–Kier alpha value is -2.38. The van der Waals surface area contributed by atoms with Crippen molar-refractivity contribution in [1.82, 2.24) is 10.4 Å². The van der Waals surface area contributed by atoms with Crippen LogP contribution in [0.15, 0.2) is 51.9 Å². The average molecular weight is 357 g/mol. The number of rotatable bonds is 5. The van der Waals surface area contributed by atoms with E-state index in [1.54, 1.807) is 29.5 Å². The van der Waals surface area contributed by atoms with Crippen molar-refractivity contribution in [1.29, 1.82) is 0 Å². The third-order valence-electron chi connectivity index (χ3n) is 3.18. The van der Waals surface area contributed by atoms with Gasteiger partial charge in [-0.1, -0.05) is 35.5 Å². The maximum absolute atomic E-state index is 11.8. The number of hydrogen-bond donors (Lipinski definition) is 2. The number of hydrogen-bond acceptors (Lipinski definition) is 6. The van der Waals surface area contributed by atoms with Gasteiger partial charge in [-0.3, -0.25) is 4.79 Å². The molecule has 24 heavy (non-hydrogen) atoms. The number of aromatic nitrogens is 1. The number of phenols is 1. The van der Waals surface area contributed by atoms with E-state index in [2.05, 4.69) is 15.5 Å². The number of aromatic hydroxyl groups is 1. The van der Waals surface area contributed by atoms with Gasteiger partial charge in [-0.15, -0.1) is 11.3 Å². The predicted octanol–water partition coefficient (Wildman–Crippen LogP) is 3.55. The van der Waals surface area contributed by atoms with E-state index in [1.807, 2.05) is 31.2 Å². The van der Waals surface area contributed by atoms with E-state index in [0.717, 1.165) is 20.1 Å². The highest BCUT2D eigenvalue weighted by Crippen LogP contribution is 2.28. The van der Waals surface area contributed by atoms with Crippen LogP contribution in [0.25, 0.3) is 10.2 Å². The fourth-order valence-electron chi connectivity index (χ4n) is 2.02. The SMILES string of the molecule is Cc1ccc(O)c(/C=N\NC(=O)CSc2nc3ccccc3s2)c1. The second kappa shape index (κ2) is 7.46. The molecule has 3 rings (SSSR count). The van der Waals surface area contributed by atoms with Gasteiger partial charge < -0.3 is 5.11 Å². The lowest BCUT2D eigenvalue weighted by Crippen LogP contribution is -2.19. The van der Waals surface area contributed by atoms with Gasteiger partial charge >= 0.3 is 0 Å². The molecule has 5 nitrogen and oxygen atoms in total. The van der Waals surface area contributed by atoms with Crippen molar-refractivity contribution in [2.75, 3.05) is 5.75 Å². The van der Waals surface area contributed by atoms with Gasteiger partial charge in [-0.25, -0.2) is 10.4 Å². The molecule has 0 saturated heterocycles. The number of aryl methyl sites for hydroxylation is 1. The minimum atomic E-state index is -0.220. The van der Waals surface area contributed by atoms with Gasteiger partial charge in [-0.05, 0) is 31.2 Å².